The second kappa shape index (κ2) is 6.30. The van der Waals surface area contributed by atoms with Crippen LogP contribution in [0.3, 0.4) is 0 Å². The lowest BCUT2D eigenvalue weighted by Gasteiger charge is -2.24. The molecule has 0 saturated carbocycles. The van der Waals surface area contributed by atoms with Gasteiger partial charge < -0.3 is 20.5 Å². The molecule has 16 heavy (non-hydrogen) atoms. The summed E-state index contributed by atoms with van der Waals surface area (Å²) >= 11 is 0. The highest BCUT2D eigenvalue weighted by Crippen LogP contribution is 2.20. The van der Waals surface area contributed by atoms with E-state index in [0.717, 1.165) is 5.69 Å². The van der Waals surface area contributed by atoms with Gasteiger partial charge in [0.15, 0.2) is 5.82 Å². The van der Waals surface area contributed by atoms with Crippen LogP contribution < -0.4 is 10.6 Å². The Morgan fingerprint density at radius 3 is 2.81 bits per heavy atom. The third kappa shape index (κ3) is 3.36. The highest BCUT2D eigenvalue weighted by atomic mass is 16.5. The topological polar surface area (TPSA) is 71.6 Å². The lowest BCUT2D eigenvalue weighted by atomic mass is 10.3. The molecule has 0 amide bonds. The molecule has 0 aliphatic rings. The van der Waals surface area contributed by atoms with Crippen molar-refractivity contribution in [1.82, 2.24) is 4.98 Å². The predicted octanol–water partition coefficient (Wildman–Crippen LogP) is 0.417. The molecule has 0 spiro atoms. The van der Waals surface area contributed by atoms with Crippen LogP contribution in [0.25, 0.3) is 0 Å². The summed E-state index contributed by atoms with van der Waals surface area (Å²) in [5.41, 5.74) is 7.39. The Balaban J connectivity index is 2.85. The fraction of sp³-hybridized carbons (Fsp3) is 0.545. The molecule has 5 heteroatoms. The minimum atomic E-state index is 0.0682. The van der Waals surface area contributed by atoms with Gasteiger partial charge in [0.25, 0.3) is 0 Å². The van der Waals surface area contributed by atoms with Gasteiger partial charge in [-0.1, -0.05) is 0 Å². The molecule has 5 nitrogen and oxygen atoms in total. The molecule has 1 heterocycles. The van der Waals surface area contributed by atoms with Gasteiger partial charge in [-0.25, -0.2) is 4.98 Å². The lowest BCUT2D eigenvalue weighted by molar-refractivity contribution is 0.202. The molecule has 1 aromatic rings. The summed E-state index contributed by atoms with van der Waals surface area (Å²) in [6, 6.07) is 3.70. The van der Waals surface area contributed by atoms with Crippen LogP contribution in [-0.4, -0.2) is 43.5 Å². The van der Waals surface area contributed by atoms with Crippen molar-refractivity contribution in [2.75, 3.05) is 44.0 Å². The lowest BCUT2D eigenvalue weighted by Crippen LogP contribution is -2.31. The van der Waals surface area contributed by atoms with Crippen LogP contribution >= 0.6 is 0 Å². The van der Waals surface area contributed by atoms with Gasteiger partial charge in [0.05, 0.1) is 18.9 Å². The van der Waals surface area contributed by atoms with Crippen molar-refractivity contribution in [2.24, 2.45) is 0 Å². The molecule has 1 rings (SSSR count). The van der Waals surface area contributed by atoms with Crippen LogP contribution in [0.4, 0.5) is 11.5 Å². The first-order chi connectivity index (χ1) is 7.69. The maximum atomic E-state index is 9.01. The zero-order valence-electron chi connectivity index (χ0n) is 9.81. The SMILES string of the molecule is COCCN(CCO)c1nc(C)ccc1N. The fourth-order valence-electron chi connectivity index (χ4n) is 1.45. The van der Waals surface area contributed by atoms with Crippen LogP contribution in [0.15, 0.2) is 12.1 Å². The Morgan fingerprint density at radius 2 is 2.19 bits per heavy atom. The van der Waals surface area contributed by atoms with Crippen molar-refractivity contribution in [2.45, 2.75) is 6.92 Å². The standard InChI is InChI=1S/C11H19N3O2/c1-9-3-4-10(12)11(13-9)14(5-7-15)6-8-16-2/h3-4,15H,5-8,12H2,1-2H3. The van der Waals surface area contributed by atoms with Crippen molar-refractivity contribution >= 4 is 11.5 Å². The number of nitrogens with two attached hydrogens (primary N) is 1. The fourth-order valence-corrected chi connectivity index (χ4v) is 1.45. The highest BCUT2D eigenvalue weighted by molar-refractivity contribution is 5.62. The molecule has 0 aliphatic heterocycles. The number of nitrogens with zero attached hydrogens (tertiary/aromatic N) is 2. The van der Waals surface area contributed by atoms with Gasteiger partial charge >= 0.3 is 0 Å². The molecular formula is C11H19N3O2. The predicted molar refractivity (Wildman–Crippen MR) is 64.6 cm³/mol. The van der Waals surface area contributed by atoms with Crippen molar-refractivity contribution in [3.8, 4) is 0 Å². The summed E-state index contributed by atoms with van der Waals surface area (Å²) in [7, 11) is 1.64. The van der Waals surface area contributed by atoms with Crippen molar-refractivity contribution < 1.29 is 9.84 Å². The van der Waals surface area contributed by atoms with E-state index in [1.54, 1.807) is 7.11 Å². The van der Waals surface area contributed by atoms with Gasteiger partial charge in [-0.3, -0.25) is 0 Å². The molecular weight excluding hydrogens is 206 g/mol. The van der Waals surface area contributed by atoms with E-state index in [1.807, 2.05) is 24.0 Å². The van der Waals surface area contributed by atoms with E-state index in [0.29, 0.717) is 31.2 Å². The van der Waals surface area contributed by atoms with E-state index in [4.69, 9.17) is 15.6 Å². The van der Waals surface area contributed by atoms with Crippen molar-refractivity contribution in [3.05, 3.63) is 17.8 Å². The molecule has 3 N–H and O–H groups in total. The van der Waals surface area contributed by atoms with Gasteiger partial charge in [0.1, 0.15) is 0 Å². The van der Waals surface area contributed by atoms with Crippen LogP contribution in [-0.2, 0) is 4.74 Å². The zero-order chi connectivity index (χ0) is 12.0. The van der Waals surface area contributed by atoms with Gasteiger partial charge in [0, 0.05) is 25.9 Å². The molecule has 0 unspecified atom stereocenters. The first-order valence-corrected chi connectivity index (χ1v) is 5.27. The first-order valence-electron chi connectivity index (χ1n) is 5.27. The Bertz CT molecular complexity index is 331. The molecule has 0 aliphatic carbocycles. The number of ether oxygens (including phenoxy) is 1. The normalized spacial score (nSPS) is 10.4. The molecule has 0 radical (unpaired) electrons. The Kier molecular flexibility index (Phi) is 5.01. The number of aromatic nitrogens is 1. The summed E-state index contributed by atoms with van der Waals surface area (Å²) in [4.78, 5) is 6.30. The molecule has 0 saturated heterocycles. The Hall–Kier alpha value is -1.33. The van der Waals surface area contributed by atoms with Gasteiger partial charge in [-0.2, -0.15) is 0 Å². The minimum Gasteiger partial charge on any atom is -0.396 e. The zero-order valence-corrected chi connectivity index (χ0v) is 9.81. The number of hydrogen-bond acceptors (Lipinski definition) is 5. The molecule has 1 aromatic heterocycles. The van der Waals surface area contributed by atoms with Gasteiger partial charge in [-0.15, -0.1) is 0 Å². The largest absolute Gasteiger partial charge is 0.396 e. The maximum absolute atomic E-state index is 9.01. The Labute approximate surface area is 95.8 Å². The minimum absolute atomic E-state index is 0.0682. The van der Waals surface area contributed by atoms with Crippen LogP contribution in [0, 0.1) is 6.92 Å². The molecule has 0 bridgehead atoms. The summed E-state index contributed by atoms with van der Waals surface area (Å²) in [6.07, 6.45) is 0. The summed E-state index contributed by atoms with van der Waals surface area (Å²) in [5.74, 6) is 0.714. The van der Waals surface area contributed by atoms with E-state index >= 15 is 0 Å². The number of aryl methyl sites for hydroxylation is 1. The average molecular weight is 225 g/mol. The van der Waals surface area contributed by atoms with Crippen LogP contribution in [0.2, 0.25) is 0 Å². The summed E-state index contributed by atoms with van der Waals surface area (Å²) in [5, 5.41) is 9.01. The first kappa shape index (κ1) is 12.7. The van der Waals surface area contributed by atoms with Crippen molar-refractivity contribution in [3.63, 3.8) is 0 Å². The summed E-state index contributed by atoms with van der Waals surface area (Å²) in [6.45, 7) is 3.73. The van der Waals surface area contributed by atoms with E-state index in [9.17, 15) is 0 Å². The third-order valence-electron chi connectivity index (χ3n) is 2.28. The quantitative estimate of drug-likeness (QED) is 0.734. The summed E-state index contributed by atoms with van der Waals surface area (Å²) < 4.78 is 5.02. The van der Waals surface area contributed by atoms with E-state index in [-0.39, 0.29) is 6.61 Å². The van der Waals surface area contributed by atoms with Crippen molar-refractivity contribution in [1.29, 1.82) is 0 Å². The smallest absolute Gasteiger partial charge is 0.152 e. The second-order valence-corrected chi connectivity index (χ2v) is 3.57. The van der Waals surface area contributed by atoms with E-state index in [2.05, 4.69) is 4.98 Å². The number of nitrogen functional groups attached to an aromatic ring is 1. The van der Waals surface area contributed by atoms with Gasteiger partial charge in [-0.05, 0) is 19.1 Å². The number of anilines is 2. The van der Waals surface area contributed by atoms with E-state index in [1.165, 1.54) is 0 Å². The molecule has 0 fully saturated rings. The number of pyridine rings is 1. The molecule has 0 aromatic carbocycles. The van der Waals surface area contributed by atoms with E-state index < -0.39 is 0 Å². The number of rotatable bonds is 6. The highest BCUT2D eigenvalue weighted by Gasteiger charge is 2.10. The van der Waals surface area contributed by atoms with Gasteiger partial charge in [0.2, 0.25) is 0 Å². The molecule has 90 valence electrons. The number of hydrogen-bond donors (Lipinski definition) is 2. The van der Waals surface area contributed by atoms with Crippen LogP contribution in [0.1, 0.15) is 5.69 Å². The maximum Gasteiger partial charge on any atom is 0.152 e. The second-order valence-electron chi connectivity index (χ2n) is 3.57. The Morgan fingerprint density at radius 1 is 1.44 bits per heavy atom. The van der Waals surface area contributed by atoms with Crippen LogP contribution in [0.5, 0.6) is 0 Å². The number of aliphatic hydroxyl groups is 1. The third-order valence-corrected chi connectivity index (χ3v) is 2.28. The number of aliphatic hydroxyl groups excluding tert-OH is 1. The molecule has 0 atom stereocenters. The number of methoxy groups -OCH3 is 1. The monoisotopic (exact) mass is 225 g/mol. The average Bonchev–Trinajstić information content (AvgIpc) is 2.28.